The minimum absolute atomic E-state index is 0.136. The number of allylic oxidation sites excluding steroid dienone is 2. The van der Waals surface area contributed by atoms with Crippen LogP contribution in [0, 0.1) is 27.9 Å². The molecule has 2 atom stereocenters. The van der Waals surface area contributed by atoms with E-state index >= 15 is 0 Å². The molecule has 0 spiro atoms. The monoisotopic (exact) mass is 423 g/mol. The molecular weight excluding hydrogens is 399 g/mol. The van der Waals surface area contributed by atoms with Gasteiger partial charge in [0, 0.05) is 38.2 Å². The molecule has 4 rings (SSSR count). The number of nitro groups is 1. The van der Waals surface area contributed by atoms with Crippen molar-refractivity contribution in [2.45, 2.75) is 31.9 Å². The van der Waals surface area contributed by atoms with E-state index in [0.29, 0.717) is 43.8 Å². The summed E-state index contributed by atoms with van der Waals surface area (Å²) >= 11 is 0. The Balaban J connectivity index is 1.41. The predicted octanol–water partition coefficient (Wildman–Crippen LogP) is 4.25. The van der Waals surface area contributed by atoms with Crippen molar-refractivity contribution in [2.75, 3.05) is 31.1 Å². The first-order valence-corrected chi connectivity index (χ1v) is 10.3. The van der Waals surface area contributed by atoms with Crippen molar-refractivity contribution in [3.8, 4) is 0 Å². The maximum atomic E-state index is 13.0. The van der Waals surface area contributed by atoms with Crippen LogP contribution in [-0.2, 0) is 11.0 Å². The van der Waals surface area contributed by atoms with Gasteiger partial charge in [0.1, 0.15) is 5.69 Å². The molecule has 0 radical (unpaired) electrons. The van der Waals surface area contributed by atoms with Crippen molar-refractivity contribution in [3.05, 3.63) is 46.0 Å². The molecule has 162 valence electrons. The minimum Gasteiger partial charge on any atom is -0.366 e. The fraction of sp³-hybridized carbons (Fsp3) is 0.571. The Bertz CT molecular complexity index is 847. The zero-order valence-corrected chi connectivity index (χ0v) is 16.5. The Labute approximate surface area is 172 Å². The number of hydrogen-bond donors (Lipinski definition) is 0. The van der Waals surface area contributed by atoms with E-state index in [1.54, 1.807) is 4.90 Å². The van der Waals surface area contributed by atoms with Gasteiger partial charge < -0.3 is 9.80 Å². The van der Waals surface area contributed by atoms with E-state index in [1.807, 2.05) is 4.90 Å². The van der Waals surface area contributed by atoms with Gasteiger partial charge in [-0.25, -0.2) is 0 Å². The van der Waals surface area contributed by atoms with Crippen molar-refractivity contribution in [1.82, 2.24) is 4.90 Å². The molecule has 0 bridgehead atoms. The Morgan fingerprint density at radius 3 is 2.20 bits per heavy atom. The molecular formula is C21H24F3N3O3. The van der Waals surface area contributed by atoms with Crippen LogP contribution in [0.3, 0.4) is 0 Å². The maximum Gasteiger partial charge on any atom is 0.416 e. The normalized spacial score (nSPS) is 24.8. The summed E-state index contributed by atoms with van der Waals surface area (Å²) in [5.74, 6) is 1.08. The van der Waals surface area contributed by atoms with Crippen LogP contribution in [0.5, 0.6) is 0 Å². The smallest absolute Gasteiger partial charge is 0.366 e. The van der Waals surface area contributed by atoms with E-state index in [9.17, 15) is 28.1 Å². The van der Waals surface area contributed by atoms with Gasteiger partial charge in [0.25, 0.3) is 5.69 Å². The minimum atomic E-state index is -4.63. The van der Waals surface area contributed by atoms with Gasteiger partial charge in [-0.3, -0.25) is 14.9 Å². The van der Waals surface area contributed by atoms with E-state index in [2.05, 4.69) is 12.2 Å². The molecule has 6 nitrogen and oxygen atoms in total. The number of benzene rings is 1. The Hall–Kier alpha value is -2.58. The summed E-state index contributed by atoms with van der Waals surface area (Å²) < 4.78 is 38.8. The second kappa shape index (κ2) is 7.92. The molecule has 0 N–H and O–H groups in total. The van der Waals surface area contributed by atoms with Gasteiger partial charge in [0.15, 0.2) is 0 Å². The van der Waals surface area contributed by atoms with Gasteiger partial charge >= 0.3 is 6.18 Å². The lowest BCUT2D eigenvalue weighted by atomic mass is 9.86. The summed E-state index contributed by atoms with van der Waals surface area (Å²) in [5.41, 5.74) is -1.41. The van der Waals surface area contributed by atoms with E-state index in [-0.39, 0.29) is 17.5 Å². The number of rotatable bonds is 3. The highest BCUT2D eigenvalue weighted by molar-refractivity contribution is 5.79. The summed E-state index contributed by atoms with van der Waals surface area (Å²) in [6.45, 7) is 2.40. The highest BCUT2D eigenvalue weighted by Gasteiger charge is 2.39. The number of hydrogen-bond acceptors (Lipinski definition) is 4. The van der Waals surface area contributed by atoms with Crippen molar-refractivity contribution >= 4 is 17.3 Å². The molecule has 1 aromatic rings. The summed E-state index contributed by atoms with van der Waals surface area (Å²) in [6.07, 6.45) is 2.86. The number of fused-ring (bicyclic) bond motifs is 1. The number of halogens is 3. The zero-order chi connectivity index (χ0) is 21.5. The average molecular weight is 423 g/mol. The van der Waals surface area contributed by atoms with Gasteiger partial charge in [-0.05, 0) is 49.7 Å². The molecule has 1 amide bonds. The van der Waals surface area contributed by atoms with Crippen LogP contribution in [0.1, 0.15) is 31.2 Å². The number of amides is 1. The number of likely N-dealkylation sites (tertiary alicyclic amines) is 1. The summed E-state index contributed by atoms with van der Waals surface area (Å²) in [7, 11) is 0. The van der Waals surface area contributed by atoms with Crippen molar-refractivity contribution in [3.63, 3.8) is 0 Å². The SMILES string of the molecule is O=C(C1CCN(c2ccc(C(F)(F)F)cc2[N+](=O)[O-])CC1)N1CC2CC=CCC2C1. The molecule has 30 heavy (non-hydrogen) atoms. The lowest BCUT2D eigenvalue weighted by Crippen LogP contribution is -2.42. The number of nitro benzene ring substituents is 1. The Morgan fingerprint density at radius 1 is 1.07 bits per heavy atom. The second-order valence-corrected chi connectivity index (χ2v) is 8.43. The summed E-state index contributed by atoms with van der Waals surface area (Å²) in [6, 6.07) is 2.63. The third kappa shape index (κ3) is 4.02. The van der Waals surface area contributed by atoms with Gasteiger partial charge in [0.2, 0.25) is 5.91 Å². The van der Waals surface area contributed by atoms with Crippen LogP contribution in [0.2, 0.25) is 0 Å². The van der Waals surface area contributed by atoms with E-state index in [0.717, 1.165) is 32.0 Å². The fourth-order valence-corrected chi connectivity index (χ4v) is 4.93. The van der Waals surface area contributed by atoms with Crippen molar-refractivity contribution < 1.29 is 22.9 Å². The number of carbonyl (C=O) groups excluding carboxylic acids is 1. The third-order valence-corrected chi connectivity index (χ3v) is 6.62. The number of anilines is 1. The van der Waals surface area contributed by atoms with Gasteiger partial charge in [-0.1, -0.05) is 12.2 Å². The Morgan fingerprint density at radius 2 is 1.67 bits per heavy atom. The molecule has 9 heteroatoms. The van der Waals surface area contributed by atoms with Gasteiger partial charge in [0.05, 0.1) is 10.5 Å². The van der Waals surface area contributed by atoms with E-state index in [1.165, 1.54) is 6.07 Å². The van der Waals surface area contributed by atoms with E-state index in [4.69, 9.17) is 0 Å². The molecule has 3 aliphatic rings. The molecule has 0 saturated carbocycles. The second-order valence-electron chi connectivity index (χ2n) is 8.43. The molecule has 2 fully saturated rings. The molecule has 2 heterocycles. The Kier molecular flexibility index (Phi) is 5.46. The first-order chi connectivity index (χ1) is 14.2. The molecule has 2 saturated heterocycles. The molecule has 2 unspecified atom stereocenters. The lowest BCUT2D eigenvalue weighted by Gasteiger charge is -2.34. The summed E-state index contributed by atoms with van der Waals surface area (Å²) in [5, 5.41) is 11.4. The standard InChI is InChI=1S/C21H24F3N3O3/c22-21(23,24)17-5-6-18(19(11-17)27(29)30)25-9-7-14(8-10-25)20(28)26-12-15-3-1-2-4-16(15)13-26/h1-2,5-6,11,14-16H,3-4,7-10,12-13H2. The van der Waals surface area contributed by atoms with Crippen LogP contribution < -0.4 is 4.90 Å². The van der Waals surface area contributed by atoms with E-state index < -0.39 is 22.4 Å². The average Bonchev–Trinajstić information content (AvgIpc) is 3.16. The topological polar surface area (TPSA) is 66.7 Å². The lowest BCUT2D eigenvalue weighted by molar-refractivity contribution is -0.384. The third-order valence-electron chi connectivity index (χ3n) is 6.62. The van der Waals surface area contributed by atoms with Crippen LogP contribution in [0.15, 0.2) is 30.4 Å². The molecule has 1 aromatic carbocycles. The number of carbonyl (C=O) groups is 1. The first kappa shape index (κ1) is 20.7. The zero-order valence-electron chi connectivity index (χ0n) is 16.5. The van der Waals surface area contributed by atoms with Crippen LogP contribution in [0.4, 0.5) is 24.5 Å². The highest BCUT2D eigenvalue weighted by Crippen LogP contribution is 2.38. The predicted molar refractivity (Wildman–Crippen MR) is 105 cm³/mol. The van der Waals surface area contributed by atoms with Crippen LogP contribution in [-0.4, -0.2) is 41.9 Å². The first-order valence-electron chi connectivity index (χ1n) is 10.3. The van der Waals surface area contributed by atoms with Crippen LogP contribution >= 0.6 is 0 Å². The largest absolute Gasteiger partial charge is 0.416 e. The number of nitrogens with zero attached hydrogens (tertiary/aromatic N) is 3. The molecule has 0 aromatic heterocycles. The number of piperidine rings is 1. The van der Waals surface area contributed by atoms with Gasteiger partial charge in [-0.15, -0.1) is 0 Å². The van der Waals surface area contributed by atoms with Crippen molar-refractivity contribution in [2.24, 2.45) is 17.8 Å². The maximum absolute atomic E-state index is 13.0. The van der Waals surface area contributed by atoms with Gasteiger partial charge in [-0.2, -0.15) is 13.2 Å². The quantitative estimate of drug-likeness (QED) is 0.414. The molecule has 2 aliphatic heterocycles. The van der Waals surface area contributed by atoms with Crippen molar-refractivity contribution in [1.29, 1.82) is 0 Å². The highest BCUT2D eigenvalue weighted by atomic mass is 19.4. The number of alkyl halides is 3. The molecule has 1 aliphatic carbocycles. The van der Waals surface area contributed by atoms with Crippen LogP contribution in [0.25, 0.3) is 0 Å². The fourth-order valence-electron chi connectivity index (χ4n) is 4.93. The summed E-state index contributed by atoms with van der Waals surface area (Å²) in [4.78, 5) is 27.2.